The molecule has 11 nitrogen and oxygen atoms in total. The van der Waals surface area contributed by atoms with Gasteiger partial charge in [-0.15, -0.1) is 0 Å². The largest absolute Gasteiger partial charge is 0.393 e. The van der Waals surface area contributed by atoms with Crippen molar-refractivity contribution in [3.8, 4) is 0 Å². The van der Waals surface area contributed by atoms with Gasteiger partial charge in [-0.05, 0) is 19.3 Å². The zero-order chi connectivity index (χ0) is 20.0. The van der Waals surface area contributed by atoms with Gasteiger partial charge in [0.25, 0.3) is 0 Å². The molecular formula is C14H27N5O6S. The topological polar surface area (TPSA) is 200 Å². The number of nitrogen functional groups attached to an aromatic ring is 2. The maximum absolute atomic E-state index is 9.23. The summed E-state index contributed by atoms with van der Waals surface area (Å²) < 4.78 is 4.52. The van der Waals surface area contributed by atoms with Crippen molar-refractivity contribution in [2.24, 2.45) is 0 Å². The van der Waals surface area contributed by atoms with Gasteiger partial charge in [0.2, 0.25) is 0 Å². The summed E-state index contributed by atoms with van der Waals surface area (Å²) in [4.78, 5) is 8.45. The van der Waals surface area contributed by atoms with E-state index in [1.165, 1.54) is 11.8 Å². The zero-order valence-electron chi connectivity index (χ0n) is 14.7. The first-order chi connectivity index (χ1) is 12.0. The molecule has 0 aromatic carbocycles. The molecule has 12 heteroatoms. The maximum atomic E-state index is 9.23. The Balaban J connectivity index is 2.74. The zero-order valence-corrected chi connectivity index (χ0v) is 15.5. The SMILES string of the molecule is CCCSc1nc(N)c(N)c(NC(CC)CCOC(O)(O)C(O)(O)O)n1. The van der Waals surface area contributed by atoms with Crippen LogP contribution in [0.3, 0.4) is 0 Å². The highest BCUT2D eigenvalue weighted by Crippen LogP contribution is 2.27. The molecule has 0 aliphatic carbocycles. The number of aliphatic hydroxyl groups is 5. The Morgan fingerprint density at radius 1 is 1.15 bits per heavy atom. The standard InChI is InChI=1S/C14H27N5O6S/c1-3-7-26-12-18-10(16)9(15)11(19-12)17-8(4-2)5-6-25-14(23,24)13(20,21)22/h8,20-24H,3-7,15H2,1-2H3,(H3,16,17,18,19). The average Bonchev–Trinajstić information content (AvgIpc) is 2.54. The second kappa shape index (κ2) is 9.50. The third kappa shape index (κ3) is 6.39. The van der Waals surface area contributed by atoms with Crippen LogP contribution in [-0.2, 0) is 4.74 Å². The van der Waals surface area contributed by atoms with Gasteiger partial charge in [0, 0.05) is 11.8 Å². The lowest BCUT2D eigenvalue weighted by atomic mass is 10.1. The normalized spacial score (nSPS) is 13.7. The summed E-state index contributed by atoms with van der Waals surface area (Å²) in [7, 11) is 0. The van der Waals surface area contributed by atoms with Crippen molar-refractivity contribution in [3.05, 3.63) is 0 Å². The molecule has 1 unspecified atom stereocenters. The first-order valence-electron chi connectivity index (χ1n) is 8.09. The Morgan fingerprint density at radius 3 is 2.35 bits per heavy atom. The number of nitrogens with two attached hydrogens (primary N) is 2. The molecule has 0 saturated carbocycles. The van der Waals surface area contributed by atoms with Gasteiger partial charge < -0.3 is 47.1 Å². The molecule has 1 aromatic rings. The summed E-state index contributed by atoms with van der Waals surface area (Å²) in [5.74, 6) is -5.99. The van der Waals surface area contributed by atoms with Gasteiger partial charge in [0.1, 0.15) is 5.69 Å². The minimum Gasteiger partial charge on any atom is -0.393 e. The number of hydrogen-bond donors (Lipinski definition) is 8. The van der Waals surface area contributed by atoms with E-state index >= 15 is 0 Å². The van der Waals surface area contributed by atoms with E-state index in [4.69, 9.17) is 26.8 Å². The number of thioether (sulfide) groups is 1. The fourth-order valence-electron chi connectivity index (χ4n) is 1.85. The first kappa shape index (κ1) is 22.6. The average molecular weight is 393 g/mol. The van der Waals surface area contributed by atoms with E-state index in [1.54, 1.807) is 0 Å². The summed E-state index contributed by atoms with van der Waals surface area (Å²) in [5, 5.41) is 48.4. The Kier molecular flexibility index (Phi) is 8.27. The molecule has 0 fully saturated rings. The number of nitrogens with one attached hydrogen (secondary N) is 1. The number of nitrogens with zero attached hydrogens (tertiary/aromatic N) is 2. The Bertz CT molecular complexity index is 584. The predicted molar refractivity (Wildman–Crippen MR) is 96.7 cm³/mol. The molecule has 0 amide bonds. The van der Waals surface area contributed by atoms with Crippen molar-refractivity contribution in [2.45, 2.75) is 56.3 Å². The van der Waals surface area contributed by atoms with E-state index in [-0.39, 0.29) is 30.6 Å². The van der Waals surface area contributed by atoms with E-state index in [0.717, 1.165) is 12.2 Å². The third-order valence-corrected chi connectivity index (χ3v) is 4.48. The maximum Gasteiger partial charge on any atom is 0.364 e. The lowest BCUT2D eigenvalue weighted by Gasteiger charge is -2.29. The van der Waals surface area contributed by atoms with Crippen LogP contribution < -0.4 is 16.8 Å². The Morgan fingerprint density at radius 2 is 1.81 bits per heavy atom. The van der Waals surface area contributed by atoms with E-state index in [9.17, 15) is 10.2 Å². The Hall–Kier alpha value is -1.41. The van der Waals surface area contributed by atoms with Crippen LogP contribution in [0, 0.1) is 0 Å². The minimum absolute atomic E-state index is 0.155. The van der Waals surface area contributed by atoms with E-state index in [2.05, 4.69) is 20.0 Å². The van der Waals surface area contributed by atoms with Crippen LogP contribution in [-0.4, -0.2) is 65.8 Å². The smallest absolute Gasteiger partial charge is 0.364 e. The second-order valence-electron chi connectivity index (χ2n) is 5.63. The molecule has 26 heavy (non-hydrogen) atoms. The monoisotopic (exact) mass is 393 g/mol. The number of ether oxygens (including phenoxy) is 1. The van der Waals surface area contributed by atoms with E-state index in [1.807, 2.05) is 13.8 Å². The third-order valence-electron chi connectivity index (χ3n) is 3.43. The summed E-state index contributed by atoms with van der Waals surface area (Å²) in [6.07, 6.45) is 1.76. The van der Waals surface area contributed by atoms with Crippen molar-refractivity contribution in [2.75, 3.05) is 29.1 Å². The van der Waals surface area contributed by atoms with Crippen LogP contribution >= 0.6 is 11.8 Å². The molecule has 0 radical (unpaired) electrons. The molecule has 1 rings (SSSR count). The second-order valence-corrected chi connectivity index (χ2v) is 6.69. The van der Waals surface area contributed by atoms with Gasteiger partial charge in [-0.25, -0.2) is 9.97 Å². The van der Waals surface area contributed by atoms with Gasteiger partial charge in [-0.2, -0.15) is 0 Å². The van der Waals surface area contributed by atoms with Gasteiger partial charge in [-0.3, -0.25) is 0 Å². The molecule has 1 aromatic heterocycles. The summed E-state index contributed by atoms with van der Waals surface area (Å²) >= 11 is 1.44. The van der Waals surface area contributed by atoms with Gasteiger partial charge in [-0.1, -0.05) is 25.6 Å². The summed E-state index contributed by atoms with van der Waals surface area (Å²) in [5.41, 5.74) is 11.9. The van der Waals surface area contributed by atoms with Crippen molar-refractivity contribution in [1.29, 1.82) is 0 Å². The van der Waals surface area contributed by atoms with Crippen LogP contribution in [0.2, 0.25) is 0 Å². The number of rotatable bonds is 11. The molecule has 0 saturated heterocycles. The molecule has 0 aliphatic heterocycles. The van der Waals surface area contributed by atoms with Crippen LogP contribution in [0.5, 0.6) is 0 Å². The van der Waals surface area contributed by atoms with Crippen molar-refractivity contribution in [3.63, 3.8) is 0 Å². The van der Waals surface area contributed by atoms with Crippen molar-refractivity contribution < 1.29 is 30.3 Å². The number of aromatic nitrogens is 2. The van der Waals surface area contributed by atoms with Gasteiger partial charge >= 0.3 is 11.9 Å². The molecule has 0 spiro atoms. The van der Waals surface area contributed by atoms with Gasteiger partial charge in [0.05, 0.1) is 6.61 Å². The van der Waals surface area contributed by atoms with E-state index < -0.39 is 11.9 Å². The van der Waals surface area contributed by atoms with Crippen molar-refractivity contribution >= 4 is 29.1 Å². The molecule has 1 atom stereocenters. The minimum atomic E-state index is -3.81. The summed E-state index contributed by atoms with van der Waals surface area (Å²) in [6.45, 7) is 3.59. The molecule has 150 valence electrons. The first-order valence-corrected chi connectivity index (χ1v) is 9.08. The molecule has 1 heterocycles. The molecule has 10 N–H and O–H groups in total. The van der Waals surface area contributed by atoms with Crippen LogP contribution in [0.15, 0.2) is 5.16 Å². The molecular weight excluding hydrogens is 366 g/mol. The fraction of sp³-hybridized carbons (Fsp3) is 0.714. The summed E-state index contributed by atoms with van der Waals surface area (Å²) in [6, 6.07) is -0.253. The predicted octanol–water partition coefficient (Wildman–Crippen LogP) is -0.991. The number of hydrogen-bond acceptors (Lipinski definition) is 12. The molecule has 0 bridgehead atoms. The van der Waals surface area contributed by atoms with E-state index in [0.29, 0.717) is 17.4 Å². The lowest BCUT2D eigenvalue weighted by Crippen LogP contribution is -2.56. The fourth-order valence-corrected chi connectivity index (χ4v) is 2.55. The van der Waals surface area contributed by atoms with Gasteiger partial charge in [0.15, 0.2) is 16.8 Å². The highest BCUT2D eigenvalue weighted by molar-refractivity contribution is 7.99. The van der Waals surface area contributed by atoms with Crippen LogP contribution in [0.1, 0.15) is 33.1 Å². The Labute approximate surface area is 155 Å². The highest BCUT2D eigenvalue weighted by Gasteiger charge is 2.48. The lowest BCUT2D eigenvalue weighted by molar-refractivity contribution is -0.521. The van der Waals surface area contributed by atoms with Crippen LogP contribution in [0.25, 0.3) is 0 Å². The van der Waals surface area contributed by atoms with Crippen LogP contribution in [0.4, 0.5) is 17.3 Å². The molecule has 0 aliphatic rings. The van der Waals surface area contributed by atoms with Crippen molar-refractivity contribution in [1.82, 2.24) is 9.97 Å². The highest BCUT2D eigenvalue weighted by atomic mass is 32.2. The quantitative estimate of drug-likeness (QED) is 0.130. The number of anilines is 3.